The van der Waals surface area contributed by atoms with Gasteiger partial charge in [-0.2, -0.15) is 4.98 Å². The first-order chi connectivity index (χ1) is 8.65. The van der Waals surface area contributed by atoms with E-state index < -0.39 is 0 Å². The van der Waals surface area contributed by atoms with Crippen molar-refractivity contribution in [2.45, 2.75) is 32.7 Å². The minimum atomic E-state index is -0.177. The van der Waals surface area contributed by atoms with Gasteiger partial charge in [0, 0.05) is 18.8 Å². The van der Waals surface area contributed by atoms with Crippen LogP contribution >= 0.6 is 0 Å². The summed E-state index contributed by atoms with van der Waals surface area (Å²) in [4.78, 5) is 8.30. The van der Waals surface area contributed by atoms with Crippen LogP contribution in [0.4, 0.5) is 0 Å². The van der Waals surface area contributed by atoms with E-state index in [1.165, 1.54) is 0 Å². The molecule has 2 rings (SSSR count). The van der Waals surface area contributed by atoms with Gasteiger partial charge in [0.15, 0.2) is 5.82 Å². The lowest BCUT2D eigenvalue weighted by atomic mass is 10.0. The Balaban J connectivity index is 2.02. The van der Waals surface area contributed by atoms with Crippen molar-refractivity contribution in [1.82, 2.24) is 15.1 Å². The van der Waals surface area contributed by atoms with E-state index in [1.807, 2.05) is 12.1 Å². The Bertz CT molecular complexity index is 481. The normalized spacial score (nSPS) is 12.9. The highest BCUT2D eigenvalue weighted by molar-refractivity contribution is 5.14. The molecule has 1 unspecified atom stereocenters. The molecule has 0 bridgehead atoms. The van der Waals surface area contributed by atoms with E-state index in [0.717, 1.165) is 12.0 Å². The monoisotopic (exact) mass is 246 g/mol. The topological polar surface area (TPSA) is 77.8 Å². The molecule has 2 aromatic rings. The lowest BCUT2D eigenvalue weighted by Crippen LogP contribution is -2.13. The number of pyridine rings is 1. The van der Waals surface area contributed by atoms with Crippen LogP contribution in [-0.2, 0) is 6.42 Å². The highest BCUT2D eigenvalue weighted by Crippen LogP contribution is 2.17. The highest BCUT2D eigenvalue weighted by atomic mass is 16.5. The summed E-state index contributed by atoms with van der Waals surface area (Å²) in [6, 6.07) is 3.69. The first kappa shape index (κ1) is 12.7. The van der Waals surface area contributed by atoms with Gasteiger partial charge in [0.1, 0.15) is 0 Å². The van der Waals surface area contributed by atoms with Gasteiger partial charge >= 0.3 is 0 Å². The summed E-state index contributed by atoms with van der Waals surface area (Å²) in [7, 11) is 0. The van der Waals surface area contributed by atoms with Crippen molar-refractivity contribution in [2.24, 2.45) is 11.7 Å². The van der Waals surface area contributed by atoms with Gasteiger partial charge in [-0.15, -0.1) is 0 Å². The molecular weight excluding hydrogens is 228 g/mol. The predicted octanol–water partition coefficient (Wildman–Crippen LogP) is 2.10. The van der Waals surface area contributed by atoms with E-state index in [1.54, 1.807) is 12.4 Å². The van der Waals surface area contributed by atoms with E-state index in [9.17, 15) is 0 Å². The van der Waals surface area contributed by atoms with Crippen molar-refractivity contribution in [3.8, 4) is 0 Å². The Morgan fingerprint density at radius 3 is 2.67 bits per heavy atom. The van der Waals surface area contributed by atoms with Gasteiger partial charge in [-0.1, -0.05) is 19.0 Å². The lowest BCUT2D eigenvalue weighted by Gasteiger charge is -2.08. The fourth-order valence-corrected chi connectivity index (χ4v) is 1.78. The van der Waals surface area contributed by atoms with Gasteiger partial charge in [0.05, 0.1) is 6.04 Å². The Hall–Kier alpha value is -1.75. The van der Waals surface area contributed by atoms with Gasteiger partial charge in [-0.05, 0) is 30.0 Å². The molecule has 0 spiro atoms. The third kappa shape index (κ3) is 3.37. The van der Waals surface area contributed by atoms with Gasteiger partial charge in [-0.3, -0.25) is 4.98 Å². The summed E-state index contributed by atoms with van der Waals surface area (Å²) in [5.41, 5.74) is 7.10. The maximum Gasteiger partial charge on any atom is 0.243 e. The first-order valence-electron chi connectivity index (χ1n) is 6.12. The van der Waals surface area contributed by atoms with E-state index in [2.05, 4.69) is 29.0 Å². The van der Waals surface area contributed by atoms with Crippen LogP contribution in [0.15, 0.2) is 29.0 Å². The van der Waals surface area contributed by atoms with Gasteiger partial charge in [0.25, 0.3) is 0 Å². The summed E-state index contributed by atoms with van der Waals surface area (Å²) in [5, 5.41) is 3.95. The van der Waals surface area contributed by atoms with E-state index in [0.29, 0.717) is 24.1 Å². The molecule has 0 aliphatic carbocycles. The number of hydrogen-bond acceptors (Lipinski definition) is 5. The molecule has 2 heterocycles. The predicted molar refractivity (Wildman–Crippen MR) is 67.7 cm³/mol. The molecule has 0 aromatic carbocycles. The fraction of sp³-hybridized carbons (Fsp3) is 0.462. The maximum absolute atomic E-state index is 6.00. The van der Waals surface area contributed by atoms with E-state index in [4.69, 9.17) is 10.3 Å². The van der Waals surface area contributed by atoms with Gasteiger partial charge in [-0.25, -0.2) is 0 Å². The molecule has 0 fully saturated rings. The van der Waals surface area contributed by atoms with Gasteiger partial charge < -0.3 is 10.3 Å². The zero-order chi connectivity index (χ0) is 13.0. The Labute approximate surface area is 106 Å². The maximum atomic E-state index is 6.00. The Morgan fingerprint density at radius 1 is 1.28 bits per heavy atom. The molecule has 18 heavy (non-hydrogen) atoms. The molecule has 0 saturated carbocycles. The second-order valence-corrected chi connectivity index (χ2v) is 4.82. The Morgan fingerprint density at radius 2 is 2.00 bits per heavy atom. The van der Waals surface area contributed by atoms with E-state index >= 15 is 0 Å². The Kier molecular flexibility index (Phi) is 4.04. The zero-order valence-electron chi connectivity index (χ0n) is 10.7. The summed E-state index contributed by atoms with van der Waals surface area (Å²) in [6.45, 7) is 4.24. The molecule has 0 saturated heterocycles. The smallest absolute Gasteiger partial charge is 0.243 e. The number of aromatic nitrogens is 3. The van der Waals surface area contributed by atoms with Crippen LogP contribution in [-0.4, -0.2) is 15.1 Å². The molecule has 0 radical (unpaired) electrons. The van der Waals surface area contributed by atoms with Crippen molar-refractivity contribution in [3.63, 3.8) is 0 Å². The van der Waals surface area contributed by atoms with Crippen LogP contribution in [0.5, 0.6) is 0 Å². The summed E-state index contributed by atoms with van der Waals surface area (Å²) >= 11 is 0. The van der Waals surface area contributed by atoms with Crippen LogP contribution in [0.1, 0.15) is 43.6 Å². The van der Waals surface area contributed by atoms with Crippen LogP contribution in [0, 0.1) is 5.92 Å². The quantitative estimate of drug-likeness (QED) is 0.874. The molecule has 5 nitrogen and oxygen atoms in total. The zero-order valence-corrected chi connectivity index (χ0v) is 10.7. The second-order valence-electron chi connectivity index (χ2n) is 4.82. The standard InChI is InChI=1S/C13H18N4O/c1-9(2)7-11(14)13-16-12(17-18-13)8-10-3-5-15-6-4-10/h3-6,9,11H,7-8,14H2,1-2H3. The third-order valence-corrected chi connectivity index (χ3v) is 2.64. The van der Waals surface area contributed by atoms with Crippen molar-refractivity contribution in [3.05, 3.63) is 41.8 Å². The molecular formula is C13H18N4O. The number of nitrogens with zero attached hydrogens (tertiary/aromatic N) is 3. The molecule has 2 aromatic heterocycles. The van der Waals surface area contributed by atoms with Gasteiger partial charge in [0.2, 0.25) is 5.89 Å². The highest BCUT2D eigenvalue weighted by Gasteiger charge is 2.16. The largest absolute Gasteiger partial charge is 0.338 e. The number of hydrogen-bond donors (Lipinski definition) is 1. The molecule has 0 aliphatic rings. The van der Waals surface area contributed by atoms with Crippen LogP contribution in [0.25, 0.3) is 0 Å². The summed E-state index contributed by atoms with van der Waals surface area (Å²) in [5.74, 6) is 1.69. The van der Waals surface area contributed by atoms with Crippen LogP contribution in [0.3, 0.4) is 0 Å². The van der Waals surface area contributed by atoms with Crippen LogP contribution < -0.4 is 5.73 Å². The average molecular weight is 246 g/mol. The lowest BCUT2D eigenvalue weighted by molar-refractivity contribution is 0.333. The minimum Gasteiger partial charge on any atom is -0.338 e. The molecule has 5 heteroatoms. The van der Waals surface area contributed by atoms with Crippen molar-refractivity contribution >= 4 is 0 Å². The molecule has 96 valence electrons. The molecule has 2 N–H and O–H groups in total. The van der Waals surface area contributed by atoms with Crippen molar-refractivity contribution < 1.29 is 4.52 Å². The van der Waals surface area contributed by atoms with Crippen molar-refractivity contribution in [2.75, 3.05) is 0 Å². The summed E-state index contributed by atoms with van der Waals surface area (Å²) < 4.78 is 5.20. The SMILES string of the molecule is CC(C)CC(N)c1nc(Cc2ccncc2)no1. The average Bonchev–Trinajstić information content (AvgIpc) is 2.78. The van der Waals surface area contributed by atoms with Crippen LogP contribution in [0.2, 0.25) is 0 Å². The second kappa shape index (κ2) is 5.73. The number of nitrogens with two attached hydrogens (primary N) is 1. The van der Waals surface area contributed by atoms with E-state index in [-0.39, 0.29) is 6.04 Å². The molecule has 0 aliphatic heterocycles. The number of rotatable bonds is 5. The summed E-state index contributed by atoms with van der Waals surface area (Å²) in [6.07, 6.45) is 4.99. The fourth-order valence-electron chi connectivity index (χ4n) is 1.78. The molecule has 1 atom stereocenters. The van der Waals surface area contributed by atoms with Crippen molar-refractivity contribution in [1.29, 1.82) is 0 Å². The first-order valence-corrected chi connectivity index (χ1v) is 6.12. The minimum absolute atomic E-state index is 0.177. The third-order valence-electron chi connectivity index (χ3n) is 2.64. The molecule has 0 amide bonds.